The van der Waals surface area contributed by atoms with Crippen LogP contribution < -0.4 is 24.8 Å². The van der Waals surface area contributed by atoms with Crippen LogP contribution >= 0.6 is 11.6 Å². The van der Waals surface area contributed by atoms with Crippen LogP contribution in [0.15, 0.2) is 36.4 Å². The third-order valence-corrected chi connectivity index (χ3v) is 4.23. The third-order valence-electron chi connectivity index (χ3n) is 4.00. The minimum atomic E-state index is -0.775. The zero-order valence-electron chi connectivity index (χ0n) is 18.0. The lowest BCUT2D eigenvalue weighted by atomic mass is 10.2. The normalized spacial score (nSPS) is 10.1. The molecular weight excluding hydrogens is 440 g/mol. The van der Waals surface area contributed by atoms with E-state index in [0.29, 0.717) is 41.2 Å². The lowest BCUT2D eigenvalue weighted by molar-refractivity contribution is -0.146. The van der Waals surface area contributed by atoms with Crippen molar-refractivity contribution in [2.24, 2.45) is 0 Å². The van der Waals surface area contributed by atoms with Gasteiger partial charge in [0.15, 0.2) is 18.1 Å². The molecule has 0 aliphatic carbocycles. The molecule has 0 spiro atoms. The Balaban J connectivity index is 1.85. The van der Waals surface area contributed by atoms with Crippen LogP contribution in [0.5, 0.6) is 17.2 Å². The predicted octanol–water partition coefficient (Wildman–Crippen LogP) is 3.06. The summed E-state index contributed by atoms with van der Waals surface area (Å²) in [4.78, 5) is 36.3. The third kappa shape index (κ3) is 7.35. The second-order valence-corrected chi connectivity index (χ2v) is 6.70. The molecule has 0 bridgehead atoms. The van der Waals surface area contributed by atoms with Gasteiger partial charge in [-0.05, 0) is 50.2 Å². The van der Waals surface area contributed by atoms with E-state index in [-0.39, 0.29) is 5.56 Å². The van der Waals surface area contributed by atoms with Crippen molar-refractivity contribution in [3.63, 3.8) is 0 Å². The van der Waals surface area contributed by atoms with Crippen LogP contribution in [-0.2, 0) is 14.3 Å². The average Bonchev–Trinajstić information content (AvgIpc) is 2.77. The highest BCUT2D eigenvalue weighted by molar-refractivity contribution is 6.31. The van der Waals surface area contributed by atoms with Crippen LogP contribution in [0.4, 0.5) is 5.69 Å². The van der Waals surface area contributed by atoms with E-state index in [9.17, 15) is 14.4 Å². The average molecular weight is 465 g/mol. The topological polar surface area (TPSA) is 112 Å². The molecule has 32 heavy (non-hydrogen) atoms. The summed E-state index contributed by atoms with van der Waals surface area (Å²) in [5.74, 6) is -0.506. The van der Waals surface area contributed by atoms with Crippen molar-refractivity contribution in [1.82, 2.24) is 5.32 Å². The minimum Gasteiger partial charge on any atom is -0.495 e. The smallest absolute Gasteiger partial charge is 0.325 e. The highest BCUT2D eigenvalue weighted by atomic mass is 35.5. The first-order valence-corrected chi connectivity index (χ1v) is 10.2. The Morgan fingerprint density at radius 1 is 0.938 bits per heavy atom. The largest absolute Gasteiger partial charge is 0.495 e. The van der Waals surface area contributed by atoms with Gasteiger partial charge in [-0.3, -0.25) is 14.4 Å². The highest BCUT2D eigenvalue weighted by Crippen LogP contribution is 2.29. The number of anilines is 1. The molecule has 0 aliphatic heterocycles. The Labute approximate surface area is 190 Å². The Morgan fingerprint density at radius 2 is 1.62 bits per heavy atom. The maximum Gasteiger partial charge on any atom is 0.325 e. The summed E-state index contributed by atoms with van der Waals surface area (Å²) in [5.41, 5.74) is 0.630. The number of ether oxygens (including phenoxy) is 4. The number of benzene rings is 2. The van der Waals surface area contributed by atoms with Crippen molar-refractivity contribution < 1.29 is 33.3 Å². The van der Waals surface area contributed by atoms with Gasteiger partial charge in [-0.15, -0.1) is 0 Å². The Kier molecular flexibility index (Phi) is 9.62. The molecule has 0 saturated carbocycles. The van der Waals surface area contributed by atoms with Crippen molar-refractivity contribution in [2.75, 3.05) is 38.8 Å². The second-order valence-electron chi connectivity index (χ2n) is 6.26. The van der Waals surface area contributed by atoms with Gasteiger partial charge in [0.2, 0.25) is 0 Å². The molecule has 10 heteroatoms. The molecule has 9 nitrogen and oxygen atoms in total. The zero-order chi connectivity index (χ0) is 23.5. The Morgan fingerprint density at radius 3 is 2.31 bits per heavy atom. The van der Waals surface area contributed by atoms with Gasteiger partial charge in [0.1, 0.15) is 12.3 Å². The molecule has 2 rings (SSSR count). The number of amides is 2. The maximum atomic E-state index is 12.3. The number of rotatable bonds is 11. The van der Waals surface area contributed by atoms with E-state index >= 15 is 0 Å². The number of methoxy groups -OCH3 is 1. The molecule has 0 fully saturated rings. The molecule has 0 aromatic heterocycles. The van der Waals surface area contributed by atoms with E-state index in [1.807, 2.05) is 13.8 Å². The van der Waals surface area contributed by atoms with E-state index in [1.54, 1.807) is 24.3 Å². The van der Waals surface area contributed by atoms with Crippen molar-refractivity contribution in [1.29, 1.82) is 0 Å². The van der Waals surface area contributed by atoms with E-state index in [0.717, 1.165) is 0 Å². The number of hydrogen-bond donors (Lipinski definition) is 2. The molecule has 2 amide bonds. The Hall–Kier alpha value is -3.46. The van der Waals surface area contributed by atoms with Gasteiger partial charge in [0.05, 0.1) is 26.0 Å². The summed E-state index contributed by atoms with van der Waals surface area (Å²) in [6, 6.07) is 9.42. The van der Waals surface area contributed by atoms with Crippen LogP contribution in [0, 0.1) is 0 Å². The molecule has 0 heterocycles. The van der Waals surface area contributed by atoms with Gasteiger partial charge in [-0.25, -0.2) is 0 Å². The van der Waals surface area contributed by atoms with Crippen LogP contribution in [0.1, 0.15) is 24.2 Å². The molecule has 2 aromatic rings. The standard InChI is InChI=1S/C22H25ClN2O7/c1-4-30-18-8-6-14(10-19(18)31-5-2)22(28)24-12-21(27)32-13-20(26)25-16-11-15(23)7-9-17(16)29-3/h6-11H,4-5,12-13H2,1-3H3,(H,24,28)(H,25,26). The zero-order valence-corrected chi connectivity index (χ0v) is 18.8. The number of carbonyl (C=O) groups is 3. The first-order chi connectivity index (χ1) is 15.4. The fourth-order valence-electron chi connectivity index (χ4n) is 2.61. The van der Waals surface area contributed by atoms with Crippen LogP contribution in [-0.4, -0.2) is 51.3 Å². The summed E-state index contributed by atoms with van der Waals surface area (Å²) in [7, 11) is 1.45. The molecule has 2 aromatic carbocycles. The van der Waals surface area contributed by atoms with Crippen molar-refractivity contribution in [3.05, 3.63) is 47.0 Å². The Bertz CT molecular complexity index is 965. The highest BCUT2D eigenvalue weighted by Gasteiger charge is 2.15. The summed E-state index contributed by atoms with van der Waals surface area (Å²) < 4.78 is 21.0. The fraction of sp³-hybridized carbons (Fsp3) is 0.318. The molecule has 0 atom stereocenters. The van der Waals surface area contributed by atoms with Gasteiger partial charge in [-0.2, -0.15) is 0 Å². The van der Waals surface area contributed by atoms with Crippen molar-refractivity contribution in [2.45, 2.75) is 13.8 Å². The second kappa shape index (κ2) is 12.4. The lowest BCUT2D eigenvalue weighted by Crippen LogP contribution is -2.32. The number of nitrogens with one attached hydrogen (secondary N) is 2. The molecular formula is C22H25ClN2O7. The number of halogens is 1. The SMILES string of the molecule is CCOc1ccc(C(=O)NCC(=O)OCC(=O)Nc2cc(Cl)ccc2OC)cc1OCC. The first-order valence-electron chi connectivity index (χ1n) is 9.84. The minimum absolute atomic E-state index is 0.287. The lowest BCUT2D eigenvalue weighted by Gasteiger charge is -2.12. The number of hydrogen-bond acceptors (Lipinski definition) is 7. The summed E-state index contributed by atoms with van der Waals surface area (Å²) in [6.07, 6.45) is 0. The van der Waals surface area contributed by atoms with Gasteiger partial charge < -0.3 is 29.6 Å². The molecule has 172 valence electrons. The quantitative estimate of drug-likeness (QED) is 0.491. The van der Waals surface area contributed by atoms with E-state index in [1.165, 1.54) is 19.2 Å². The predicted molar refractivity (Wildman–Crippen MR) is 119 cm³/mol. The van der Waals surface area contributed by atoms with Gasteiger partial charge >= 0.3 is 5.97 Å². The van der Waals surface area contributed by atoms with E-state index < -0.39 is 30.9 Å². The van der Waals surface area contributed by atoms with Crippen molar-refractivity contribution in [3.8, 4) is 17.2 Å². The summed E-state index contributed by atoms with van der Waals surface area (Å²) in [6.45, 7) is 3.56. The molecule has 0 unspecified atom stereocenters. The van der Waals surface area contributed by atoms with Gasteiger partial charge in [-0.1, -0.05) is 11.6 Å². The maximum absolute atomic E-state index is 12.3. The molecule has 0 radical (unpaired) electrons. The molecule has 0 aliphatic rings. The fourth-order valence-corrected chi connectivity index (χ4v) is 2.78. The van der Waals surface area contributed by atoms with Gasteiger partial charge in [0, 0.05) is 10.6 Å². The first kappa shape index (κ1) is 24.8. The molecule has 0 saturated heterocycles. The summed E-state index contributed by atoms with van der Waals surface area (Å²) >= 11 is 5.91. The van der Waals surface area contributed by atoms with Crippen LogP contribution in [0.3, 0.4) is 0 Å². The number of esters is 1. The summed E-state index contributed by atoms with van der Waals surface area (Å²) in [5, 5.41) is 5.39. The van der Waals surface area contributed by atoms with Gasteiger partial charge in [0.25, 0.3) is 11.8 Å². The monoisotopic (exact) mass is 464 g/mol. The van der Waals surface area contributed by atoms with Crippen molar-refractivity contribution >= 4 is 35.1 Å². The van der Waals surface area contributed by atoms with E-state index in [4.69, 9.17) is 30.5 Å². The van der Waals surface area contributed by atoms with E-state index in [2.05, 4.69) is 10.6 Å². The molecule has 2 N–H and O–H groups in total. The van der Waals surface area contributed by atoms with Crippen LogP contribution in [0.25, 0.3) is 0 Å². The number of carbonyl (C=O) groups excluding carboxylic acids is 3. The van der Waals surface area contributed by atoms with Crippen LogP contribution in [0.2, 0.25) is 5.02 Å².